The second-order valence-corrected chi connectivity index (χ2v) is 17.8. The quantitative estimate of drug-likeness (QED) is 0.190. The van der Waals surface area contributed by atoms with E-state index in [2.05, 4.69) is 141 Å². The molecule has 0 radical (unpaired) electrons. The Morgan fingerprint density at radius 1 is 0.807 bits per heavy atom. The fourth-order valence-electron chi connectivity index (χ4n) is 10.5. The van der Waals surface area contributed by atoms with Gasteiger partial charge in [-0.2, -0.15) is 0 Å². The molecule has 57 heavy (non-hydrogen) atoms. The lowest BCUT2D eigenvalue weighted by Gasteiger charge is -2.29. The Balaban J connectivity index is 0.00000195. The number of hydrogen-bond donors (Lipinski definition) is 1. The summed E-state index contributed by atoms with van der Waals surface area (Å²) in [6, 6.07) is 31.4. The van der Waals surface area contributed by atoms with Gasteiger partial charge in [-0.05, 0) is 120 Å². The molecule has 1 saturated carbocycles. The van der Waals surface area contributed by atoms with Crippen LogP contribution in [0.15, 0.2) is 153 Å². The van der Waals surface area contributed by atoms with Crippen molar-refractivity contribution in [1.29, 1.82) is 0 Å². The number of benzene rings is 4. The van der Waals surface area contributed by atoms with E-state index in [0.717, 1.165) is 62.2 Å². The number of rotatable bonds is 5. The smallest absolute Gasteiger partial charge is 0.148 e. The van der Waals surface area contributed by atoms with Crippen LogP contribution in [0.5, 0.6) is 0 Å². The minimum Gasteiger partial charge on any atom is -0.324 e. The van der Waals surface area contributed by atoms with E-state index in [1.165, 1.54) is 64.7 Å². The minimum atomic E-state index is -0.272. The van der Waals surface area contributed by atoms with Crippen molar-refractivity contribution in [3.8, 4) is 0 Å². The maximum atomic E-state index is 5.50. The molecule has 1 aliphatic heterocycles. The Morgan fingerprint density at radius 3 is 2.51 bits per heavy atom. The fraction of sp³-hybridized carbons (Fsp3) is 0.283. The molecule has 2 heterocycles. The minimum absolute atomic E-state index is 0.0920. The highest BCUT2D eigenvalue weighted by Crippen LogP contribution is 2.59. The van der Waals surface area contributed by atoms with Crippen molar-refractivity contribution in [2.45, 2.75) is 85.7 Å². The van der Waals surface area contributed by atoms with Gasteiger partial charge in [-0.15, -0.1) is 11.3 Å². The van der Waals surface area contributed by atoms with Crippen LogP contribution in [0.1, 0.15) is 100 Å². The van der Waals surface area contributed by atoms with Crippen molar-refractivity contribution in [3.63, 3.8) is 0 Å². The first kappa shape index (κ1) is 36.0. The summed E-state index contributed by atoms with van der Waals surface area (Å²) in [5.74, 6) is 2.27. The van der Waals surface area contributed by atoms with E-state index in [1.807, 2.05) is 25.2 Å². The van der Waals surface area contributed by atoms with Gasteiger partial charge in [0.1, 0.15) is 17.8 Å². The van der Waals surface area contributed by atoms with Crippen molar-refractivity contribution < 1.29 is 0 Å². The number of aliphatic imine (C=N–C) groups is 2. The summed E-state index contributed by atoms with van der Waals surface area (Å²) in [5, 5.41) is 6.39. The van der Waals surface area contributed by atoms with Crippen LogP contribution in [0.3, 0.4) is 0 Å². The number of fused-ring (bicyclic) bond motifs is 8. The molecule has 1 aromatic heterocycles. The largest absolute Gasteiger partial charge is 0.324 e. The lowest BCUT2D eigenvalue weighted by Crippen LogP contribution is -2.38. The number of thiophene rings is 1. The Morgan fingerprint density at radius 2 is 1.60 bits per heavy atom. The SMILES string of the molecule is CC.CC1=C(c2ccccc2CC2N=C(c3ccc4sc5ccccc5c4c3)NC(c3cccc4c3C3=C(CCC=C3)C4)=N2)CC2C3=CCCC=C3C(C)(C)C2=C1. The van der Waals surface area contributed by atoms with Crippen LogP contribution in [0.25, 0.3) is 31.3 Å². The molecule has 5 aliphatic carbocycles. The summed E-state index contributed by atoms with van der Waals surface area (Å²) in [6.07, 6.45) is 19.4. The van der Waals surface area contributed by atoms with E-state index in [1.54, 1.807) is 22.3 Å². The van der Waals surface area contributed by atoms with Crippen LogP contribution in [-0.2, 0) is 12.8 Å². The number of nitrogens with zero attached hydrogens (tertiary/aromatic N) is 2. The Hall–Kier alpha value is -5.32. The van der Waals surface area contributed by atoms with E-state index in [4.69, 9.17) is 9.98 Å². The molecule has 11 rings (SSSR count). The predicted octanol–water partition coefficient (Wildman–Crippen LogP) is 13.5. The topological polar surface area (TPSA) is 36.8 Å². The lowest BCUT2D eigenvalue weighted by molar-refractivity contribution is 0.543. The lowest BCUT2D eigenvalue weighted by atomic mass is 9.75. The van der Waals surface area contributed by atoms with E-state index >= 15 is 0 Å². The molecule has 1 fully saturated rings. The van der Waals surface area contributed by atoms with E-state index in [-0.39, 0.29) is 11.6 Å². The van der Waals surface area contributed by atoms with Gasteiger partial charge in [-0.1, -0.05) is 130 Å². The van der Waals surface area contributed by atoms with Crippen molar-refractivity contribution in [2.24, 2.45) is 21.3 Å². The molecule has 5 aromatic rings. The summed E-state index contributed by atoms with van der Waals surface area (Å²) >= 11 is 1.86. The van der Waals surface area contributed by atoms with Gasteiger partial charge in [-0.3, -0.25) is 0 Å². The molecule has 0 spiro atoms. The monoisotopic (exact) mass is 761 g/mol. The van der Waals surface area contributed by atoms with Crippen molar-refractivity contribution >= 4 is 54.3 Å². The van der Waals surface area contributed by atoms with Crippen LogP contribution in [0.2, 0.25) is 0 Å². The molecule has 4 heteroatoms. The molecule has 1 N–H and O–H groups in total. The molecule has 4 aromatic carbocycles. The summed E-state index contributed by atoms with van der Waals surface area (Å²) in [6.45, 7) is 11.2. The fourth-order valence-corrected chi connectivity index (χ4v) is 11.6. The highest BCUT2D eigenvalue weighted by Gasteiger charge is 2.46. The summed E-state index contributed by atoms with van der Waals surface area (Å²) in [4.78, 5) is 11.0. The van der Waals surface area contributed by atoms with E-state index < -0.39 is 0 Å². The van der Waals surface area contributed by atoms with E-state index in [9.17, 15) is 0 Å². The average Bonchev–Trinajstić information content (AvgIpc) is 3.89. The van der Waals surface area contributed by atoms with E-state index in [0.29, 0.717) is 5.92 Å². The molecule has 0 saturated heterocycles. The zero-order valence-corrected chi connectivity index (χ0v) is 34.7. The predicted molar refractivity (Wildman–Crippen MR) is 244 cm³/mol. The van der Waals surface area contributed by atoms with Crippen molar-refractivity contribution in [2.75, 3.05) is 0 Å². The second kappa shape index (κ2) is 14.3. The standard InChI is InChI=1S/C51H45N3S.C2H6/c1-30-25-44-41(37-18-8-10-21-43(37)51(44,2)3)29-40(30)35-16-6-4-14-32(35)28-47-52-49(34-23-24-46-42(27-34)38-19-9-11-22-45(38)55-46)54-50(53-47)39-20-12-15-33-26-31-13-5-7-17-36(31)48(33)39;1-2/h4,6-7,9,11-12,14-25,27,41,47H,5,8,10,13,26,28-29H2,1-3H3,(H,52,53,54);1-2H3. The molecule has 6 aliphatic rings. The van der Waals surface area contributed by atoms with Gasteiger partial charge < -0.3 is 5.32 Å². The highest BCUT2D eigenvalue weighted by atomic mass is 32.1. The van der Waals surface area contributed by atoms with Gasteiger partial charge in [0.25, 0.3) is 0 Å². The van der Waals surface area contributed by atoms with Crippen LogP contribution < -0.4 is 5.32 Å². The molecule has 284 valence electrons. The number of allylic oxidation sites excluding steroid dienone is 12. The zero-order valence-electron chi connectivity index (χ0n) is 33.9. The Kier molecular flexibility index (Phi) is 9.01. The van der Waals surface area contributed by atoms with Crippen LogP contribution in [0.4, 0.5) is 0 Å². The van der Waals surface area contributed by atoms with Gasteiger partial charge in [0.05, 0.1) is 0 Å². The maximum absolute atomic E-state index is 5.50. The number of nitrogens with one attached hydrogen (secondary N) is 1. The van der Waals surface area contributed by atoms with Gasteiger partial charge in [0, 0.05) is 49.1 Å². The number of hydrogen-bond acceptors (Lipinski definition) is 4. The van der Waals surface area contributed by atoms with Crippen LogP contribution >= 0.6 is 11.3 Å². The summed E-state index contributed by atoms with van der Waals surface area (Å²) in [5.41, 5.74) is 18.3. The molecular formula is C53H51N3S. The second-order valence-electron chi connectivity index (χ2n) is 16.7. The summed E-state index contributed by atoms with van der Waals surface area (Å²) in [7, 11) is 0. The Bertz CT molecular complexity index is 2750. The third kappa shape index (κ3) is 5.98. The van der Waals surface area contributed by atoms with Crippen LogP contribution in [-0.4, -0.2) is 17.8 Å². The Labute approximate surface area is 341 Å². The normalized spacial score (nSPS) is 21.7. The van der Waals surface area contributed by atoms with Gasteiger partial charge in [0.2, 0.25) is 0 Å². The van der Waals surface area contributed by atoms with Crippen LogP contribution in [0, 0.1) is 11.3 Å². The molecule has 2 atom stereocenters. The molecule has 2 unspecified atom stereocenters. The average molecular weight is 762 g/mol. The van der Waals surface area contributed by atoms with Crippen molar-refractivity contribution in [1.82, 2.24) is 5.32 Å². The highest BCUT2D eigenvalue weighted by molar-refractivity contribution is 7.25. The maximum Gasteiger partial charge on any atom is 0.148 e. The first-order chi connectivity index (χ1) is 27.9. The number of amidine groups is 2. The molecular weight excluding hydrogens is 711 g/mol. The van der Waals surface area contributed by atoms with Crippen molar-refractivity contribution in [3.05, 3.63) is 177 Å². The molecule has 0 bridgehead atoms. The summed E-state index contributed by atoms with van der Waals surface area (Å²) < 4.78 is 2.62. The third-order valence-corrected chi connectivity index (χ3v) is 14.3. The first-order valence-corrected chi connectivity index (χ1v) is 22.0. The third-order valence-electron chi connectivity index (χ3n) is 13.1. The van der Waals surface area contributed by atoms with Gasteiger partial charge in [-0.25, -0.2) is 9.98 Å². The van der Waals surface area contributed by atoms with Gasteiger partial charge in [0.15, 0.2) is 0 Å². The molecule has 3 nitrogen and oxygen atoms in total. The molecule has 0 amide bonds. The first-order valence-electron chi connectivity index (χ1n) is 21.2. The van der Waals surface area contributed by atoms with Gasteiger partial charge >= 0.3 is 0 Å². The zero-order chi connectivity index (χ0) is 38.8.